The number of piperazine rings is 1. The molecule has 0 atom stereocenters. The van der Waals surface area contributed by atoms with E-state index >= 15 is 0 Å². The molecule has 6 rings (SSSR count). The van der Waals surface area contributed by atoms with E-state index in [1.165, 1.54) is 24.2 Å². The molecule has 0 radical (unpaired) electrons. The topological polar surface area (TPSA) is 73.3 Å². The van der Waals surface area contributed by atoms with Gasteiger partial charge in [0.2, 0.25) is 0 Å². The molecule has 4 heterocycles. The number of aromatic nitrogens is 4. The number of rotatable bonds is 7. The second-order valence-corrected chi connectivity index (χ2v) is 11.7. The number of hydrogen-bond donors (Lipinski definition) is 1. The Morgan fingerprint density at radius 1 is 0.718 bits per heavy atom. The zero-order valence-electron chi connectivity index (χ0n) is 23.5. The highest BCUT2D eigenvalue weighted by atomic mass is 15.3. The van der Waals surface area contributed by atoms with Crippen molar-refractivity contribution in [1.82, 2.24) is 19.9 Å². The number of unbranched alkanes of at least 4 members (excludes halogenated alkanes) is 1. The fourth-order valence-electron chi connectivity index (χ4n) is 5.79. The van der Waals surface area contributed by atoms with Crippen LogP contribution < -0.4 is 20.0 Å². The summed E-state index contributed by atoms with van der Waals surface area (Å²) in [5, 5.41) is 5.71. The van der Waals surface area contributed by atoms with Crippen molar-refractivity contribution in [2.75, 3.05) is 65.8 Å². The Morgan fingerprint density at radius 3 is 1.95 bits per heavy atom. The van der Waals surface area contributed by atoms with Crippen LogP contribution in [0.15, 0.2) is 49.1 Å². The maximum absolute atomic E-state index is 4.69. The molecule has 8 heteroatoms. The van der Waals surface area contributed by atoms with Crippen molar-refractivity contribution in [2.24, 2.45) is 5.41 Å². The summed E-state index contributed by atoms with van der Waals surface area (Å²) in [6, 6.07) is 13.3. The van der Waals surface area contributed by atoms with E-state index in [9.17, 15) is 0 Å². The van der Waals surface area contributed by atoms with E-state index in [1.54, 1.807) is 12.7 Å². The second kappa shape index (κ2) is 10.8. The minimum atomic E-state index is 0.420. The van der Waals surface area contributed by atoms with Crippen molar-refractivity contribution in [3.63, 3.8) is 0 Å². The van der Waals surface area contributed by atoms with Crippen LogP contribution in [0.2, 0.25) is 0 Å². The summed E-state index contributed by atoms with van der Waals surface area (Å²) in [6.07, 6.45) is 8.09. The van der Waals surface area contributed by atoms with E-state index in [2.05, 4.69) is 92.1 Å². The summed E-state index contributed by atoms with van der Waals surface area (Å²) in [6.45, 7) is 13.9. The number of nitrogens with one attached hydrogen (secondary N) is 1. The van der Waals surface area contributed by atoms with Gasteiger partial charge in [0.15, 0.2) is 0 Å². The van der Waals surface area contributed by atoms with Crippen LogP contribution in [-0.4, -0.2) is 65.7 Å². The summed E-state index contributed by atoms with van der Waals surface area (Å²) in [5.74, 6) is 2.01. The van der Waals surface area contributed by atoms with Crippen LogP contribution in [0.4, 0.5) is 23.0 Å². The maximum Gasteiger partial charge on any atom is 0.139 e. The first-order valence-corrected chi connectivity index (χ1v) is 14.5. The van der Waals surface area contributed by atoms with Crippen molar-refractivity contribution < 1.29 is 0 Å². The van der Waals surface area contributed by atoms with Crippen LogP contribution in [0.25, 0.3) is 21.8 Å². The Balaban J connectivity index is 1.14. The fraction of sp³-hybridized carbons (Fsp3) is 0.484. The van der Waals surface area contributed by atoms with E-state index in [-0.39, 0.29) is 0 Å². The lowest BCUT2D eigenvalue weighted by atomic mass is 9.82. The van der Waals surface area contributed by atoms with Crippen molar-refractivity contribution in [3.8, 4) is 0 Å². The molecule has 8 nitrogen and oxygen atoms in total. The van der Waals surface area contributed by atoms with Crippen molar-refractivity contribution in [2.45, 2.75) is 46.5 Å². The average Bonchev–Trinajstić information content (AvgIpc) is 2.97. The van der Waals surface area contributed by atoms with Gasteiger partial charge in [-0.2, -0.15) is 0 Å². The molecule has 2 fully saturated rings. The van der Waals surface area contributed by atoms with Gasteiger partial charge < -0.3 is 20.0 Å². The molecule has 2 aromatic heterocycles. The normalized spacial score (nSPS) is 17.7. The molecule has 0 amide bonds. The third-order valence-electron chi connectivity index (χ3n) is 8.47. The summed E-state index contributed by atoms with van der Waals surface area (Å²) in [5.41, 5.74) is 4.90. The van der Waals surface area contributed by atoms with Crippen molar-refractivity contribution in [3.05, 3.63) is 49.1 Å². The van der Waals surface area contributed by atoms with Gasteiger partial charge in [-0.15, -0.1) is 0 Å². The molecular formula is C31H40N8. The SMILES string of the molecule is CCCCNc1ncnc2cc(N3CCN(c4ccc5c(N6CCC(C)(C)CC6)ncnc5c4)CC3)ccc12. The van der Waals surface area contributed by atoms with Crippen LogP contribution in [0.5, 0.6) is 0 Å². The lowest BCUT2D eigenvalue weighted by Gasteiger charge is -2.38. The molecular weight excluding hydrogens is 484 g/mol. The van der Waals surface area contributed by atoms with Gasteiger partial charge in [-0.05, 0) is 61.1 Å². The Morgan fingerprint density at radius 2 is 1.31 bits per heavy atom. The highest BCUT2D eigenvalue weighted by Crippen LogP contribution is 2.35. The molecule has 0 bridgehead atoms. The second-order valence-electron chi connectivity index (χ2n) is 11.7. The largest absolute Gasteiger partial charge is 0.369 e. The van der Waals surface area contributed by atoms with E-state index in [0.29, 0.717) is 5.41 Å². The van der Waals surface area contributed by atoms with Gasteiger partial charge in [0.1, 0.15) is 24.3 Å². The number of anilines is 4. The average molecular weight is 525 g/mol. The monoisotopic (exact) mass is 524 g/mol. The molecule has 0 aliphatic carbocycles. The molecule has 0 saturated carbocycles. The highest BCUT2D eigenvalue weighted by Gasteiger charge is 2.27. The molecule has 0 unspecified atom stereocenters. The van der Waals surface area contributed by atoms with Crippen LogP contribution >= 0.6 is 0 Å². The van der Waals surface area contributed by atoms with E-state index in [4.69, 9.17) is 4.98 Å². The molecule has 1 N–H and O–H groups in total. The molecule has 4 aromatic rings. The first-order valence-electron chi connectivity index (χ1n) is 14.5. The Bertz CT molecular complexity index is 1430. The van der Waals surface area contributed by atoms with Crippen LogP contribution in [0.1, 0.15) is 46.5 Å². The fourth-order valence-corrected chi connectivity index (χ4v) is 5.79. The van der Waals surface area contributed by atoms with E-state index in [1.807, 2.05) is 0 Å². The molecule has 2 aromatic carbocycles. The van der Waals surface area contributed by atoms with Gasteiger partial charge in [0.25, 0.3) is 0 Å². The van der Waals surface area contributed by atoms with Gasteiger partial charge in [-0.25, -0.2) is 19.9 Å². The lowest BCUT2D eigenvalue weighted by molar-refractivity contribution is 0.279. The Kier molecular flexibility index (Phi) is 7.11. The summed E-state index contributed by atoms with van der Waals surface area (Å²) in [7, 11) is 0. The smallest absolute Gasteiger partial charge is 0.139 e. The van der Waals surface area contributed by atoms with Gasteiger partial charge in [0.05, 0.1) is 11.0 Å². The Labute approximate surface area is 231 Å². The lowest BCUT2D eigenvalue weighted by Crippen LogP contribution is -2.46. The van der Waals surface area contributed by atoms with Gasteiger partial charge >= 0.3 is 0 Å². The van der Waals surface area contributed by atoms with Gasteiger partial charge in [0, 0.05) is 68.0 Å². The zero-order valence-corrected chi connectivity index (χ0v) is 23.5. The molecule has 0 spiro atoms. The summed E-state index contributed by atoms with van der Waals surface area (Å²) >= 11 is 0. The minimum absolute atomic E-state index is 0.420. The van der Waals surface area contributed by atoms with Crippen molar-refractivity contribution in [1.29, 1.82) is 0 Å². The van der Waals surface area contributed by atoms with Gasteiger partial charge in [-0.1, -0.05) is 27.2 Å². The minimum Gasteiger partial charge on any atom is -0.369 e. The number of benzene rings is 2. The molecule has 39 heavy (non-hydrogen) atoms. The zero-order chi connectivity index (χ0) is 26.8. The summed E-state index contributed by atoms with van der Waals surface area (Å²) in [4.78, 5) is 25.7. The number of piperidine rings is 1. The predicted octanol–water partition coefficient (Wildman–Crippen LogP) is 5.74. The molecule has 2 aliphatic rings. The maximum atomic E-state index is 4.69. The predicted molar refractivity (Wildman–Crippen MR) is 162 cm³/mol. The first kappa shape index (κ1) is 25.6. The van der Waals surface area contributed by atoms with Crippen LogP contribution in [0.3, 0.4) is 0 Å². The van der Waals surface area contributed by atoms with Crippen molar-refractivity contribution >= 4 is 44.8 Å². The third kappa shape index (κ3) is 5.42. The van der Waals surface area contributed by atoms with Crippen LogP contribution in [-0.2, 0) is 0 Å². The number of fused-ring (bicyclic) bond motifs is 2. The number of hydrogen-bond acceptors (Lipinski definition) is 8. The molecule has 2 saturated heterocycles. The van der Waals surface area contributed by atoms with E-state index < -0.39 is 0 Å². The third-order valence-corrected chi connectivity index (χ3v) is 8.47. The standard InChI is InChI=1S/C31H40N8/c1-4-5-12-32-29-25-8-6-23(19-27(25)33-21-35-29)37-15-17-38(18-16-37)24-7-9-26-28(20-24)34-22-36-30(26)39-13-10-31(2,3)11-14-39/h6-9,19-22H,4-5,10-18H2,1-3H3,(H,32,33,35). The Hall–Kier alpha value is -3.68. The van der Waals surface area contributed by atoms with E-state index in [0.717, 1.165) is 92.1 Å². The van der Waals surface area contributed by atoms with Gasteiger partial charge in [-0.3, -0.25) is 0 Å². The molecule has 204 valence electrons. The number of nitrogens with zero attached hydrogens (tertiary/aromatic N) is 7. The first-order chi connectivity index (χ1) is 19.0. The van der Waals surface area contributed by atoms with Crippen LogP contribution in [0, 0.1) is 5.41 Å². The highest BCUT2D eigenvalue weighted by molar-refractivity contribution is 5.92. The quantitative estimate of drug-likeness (QED) is 0.307. The molecule has 2 aliphatic heterocycles. The summed E-state index contributed by atoms with van der Waals surface area (Å²) < 4.78 is 0.